The van der Waals surface area contributed by atoms with E-state index < -0.39 is 29.5 Å². The summed E-state index contributed by atoms with van der Waals surface area (Å²) in [4.78, 5) is 50.6. The van der Waals surface area contributed by atoms with Crippen LogP contribution >= 0.6 is 0 Å². The predicted molar refractivity (Wildman–Crippen MR) is 60.1 cm³/mol. The standard InChI is InChI=1S/C9H12N4O6/c1-4(13-19-3)9(12-8(17)18-2)5(14)10-7(16)11-6(9)15/h1-3H3,(H,12,17)(H2,10,11,14,15,16). The first kappa shape index (κ1) is 14.4. The van der Waals surface area contributed by atoms with Crippen molar-refractivity contribution in [2.24, 2.45) is 5.16 Å². The van der Waals surface area contributed by atoms with Crippen LogP contribution in [0.3, 0.4) is 0 Å². The maximum Gasteiger partial charge on any atom is 0.408 e. The van der Waals surface area contributed by atoms with E-state index in [1.54, 1.807) is 0 Å². The predicted octanol–water partition coefficient (Wildman–Crippen LogP) is -1.53. The highest BCUT2D eigenvalue weighted by molar-refractivity contribution is 6.36. The Balaban J connectivity index is 3.28. The molecule has 10 heteroatoms. The van der Waals surface area contributed by atoms with Gasteiger partial charge >= 0.3 is 12.1 Å². The van der Waals surface area contributed by atoms with E-state index in [0.717, 1.165) is 7.11 Å². The van der Waals surface area contributed by atoms with Gasteiger partial charge in [0.1, 0.15) is 7.11 Å². The molecule has 1 rings (SSSR count). The number of alkyl carbamates (subject to hydrolysis) is 1. The molecule has 5 amide bonds. The molecule has 3 N–H and O–H groups in total. The van der Waals surface area contributed by atoms with E-state index in [9.17, 15) is 19.2 Å². The van der Waals surface area contributed by atoms with Crippen LogP contribution in [0.1, 0.15) is 6.92 Å². The second-order valence-corrected chi connectivity index (χ2v) is 3.46. The van der Waals surface area contributed by atoms with Crippen molar-refractivity contribution in [1.29, 1.82) is 0 Å². The summed E-state index contributed by atoms with van der Waals surface area (Å²) in [5, 5.41) is 9.19. The molecule has 10 nitrogen and oxygen atoms in total. The molecule has 1 aliphatic rings. The van der Waals surface area contributed by atoms with Gasteiger partial charge in [-0.3, -0.25) is 25.5 Å². The number of urea groups is 1. The van der Waals surface area contributed by atoms with Crippen LogP contribution in [0.2, 0.25) is 0 Å². The van der Waals surface area contributed by atoms with Crippen LogP contribution in [0.4, 0.5) is 9.59 Å². The van der Waals surface area contributed by atoms with Crippen molar-refractivity contribution in [2.45, 2.75) is 12.5 Å². The van der Waals surface area contributed by atoms with Gasteiger partial charge in [0.2, 0.25) is 5.54 Å². The Bertz CT molecular complexity index is 451. The van der Waals surface area contributed by atoms with Gasteiger partial charge in [0, 0.05) is 0 Å². The number of nitrogens with one attached hydrogen (secondary N) is 3. The highest BCUT2D eigenvalue weighted by atomic mass is 16.6. The number of methoxy groups -OCH3 is 1. The number of carbonyl (C=O) groups excluding carboxylic acids is 4. The topological polar surface area (TPSA) is 135 Å². The average Bonchev–Trinajstić information content (AvgIpc) is 2.33. The fourth-order valence-corrected chi connectivity index (χ4v) is 1.47. The number of hydrogen-bond acceptors (Lipinski definition) is 7. The van der Waals surface area contributed by atoms with Gasteiger partial charge in [0.15, 0.2) is 0 Å². The first-order valence-corrected chi connectivity index (χ1v) is 4.99. The molecule has 0 radical (unpaired) electrons. The third-order valence-electron chi connectivity index (χ3n) is 2.38. The van der Waals surface area contributed by atoms with Crippen molar-refractivity contribution in [3.05, 3.63) is 0 Å². The lowest BCUT2D eigenvalue weighted by molar-refractivity contribution is -0.135. The van der Waals surface area contributed by atoms with Crippen molar-refractivity contribution in [1.82, 2.24) is 16.0 Å². The first-order chi connectivity index (χ1) is 8.88. The van der Waals surface area contributed by atoms with Crippen LogP contribution < -0.4 is 16.0 Å². The molecule has 0 aromatic carbocycles. The molecule has 104 valence electrons. The quantitative estimate of drug-likeness (QED) is 0.324. The van der Waals surface area contributed by atoms with E-state index in [0.29, 0.717) is 0 Å². The molecule has 0 saturated carbocycles. The number of nitrogens with zero attached hydrogens (tertiary/aromatic N) is 1. The Morgan fingerprint density at radius 3 is 2.16 bits per heavy atom. The van der Waals surface area contributed by atoms with Gasteiger partial charge in [-0.1, -0.05) is 5.16 Å². The minimum absolute atomic E-state index is 0.178. The maximum atomic E-state index is 11.9. The zero-order valence-corrected chi connectivity index (χ0v) is 10.4. The van der Waals surface area contributed by atoms with E-state index in [-0.39, 0.29) is 5.71 Å². The van der Waals surface area contributed by atoms with E-state index in [2.05, 4.69) is 14.7 Å². The number of ether oxygens (including phenoxy) is 1. The molecule has 1 fully saturated rings. The Hall–Kier alpha value is -2.65. The summed E-state index contributed by atoms with van der Waals surface area (Å²) in [5.74, 6) is -2.13. The largest absolute Gasteiger partial charge is 0.453 e. The first-order valence-electron chi connectivity index (χ1n) is 4.99. The SMILES string of the molecule is CON=C(C)C1(NC(=O)OC)C(=O)NC(=O)NC1=O. The lowest BCUT2D eigenvalue weighted by atomic mass is 9.90. The van der Waals surface area contributed by atoms with Crippen LogP contribution in [0.15, 0.2) is 5.16 Å². The van der Waals surface area contributed by atoms with Gasteiger partial charge in [-0.25, -0.2) is 9.59 Å². The van der Waals surface area contributed by atoms with Gasteiger partial charge in [-0.05, 0) is 6.92 Å². The minimum Gasteiger partial charge on any atom is -0.453 e. The number of imide groups is 2. The third-order valence-corrected chi connectivity index (χ3v) is 2.38. The zero-order valence-electron chi connectivity index (χ0n) is 10.4. The molecule has 0 bridgehead atoms. The van der Waals surface area contributed by atoms with Gasteiger partial charge in [-0.2, -0.15) is 0 Å². The van der Waals surface area contributed by atoms with Gasteiger partial charge in [0.25, 0.3) is 11.8 Å². The Labute approximate surface area is 107 Å². The number of amides is 5. The second-order valence-electron chi connectivity index (χ2n) is 3.46. The lowest BCUT2D eigenvalue weighted by Crippen LogP contribution is -2.76. The van der Waals surface area contributed by atoms with Crippen molar-refractivity contribution in [3.63, 3.8) is 0 Å². The molecule has 0 atom stereocenters. The van der Waals surface area contributed by atoms with Gasteiger partial charge in [-0.15, -0.1) is 0 Å². The molecule has 0 unspecified atom stereocenters. The summed E-state index contributed by atoms with van der Waals surface area (Å²) in [6, 6.07) is -0.998. The molecule has 0 aromatic rings. The summed E-state index contributed by atoms with van der Waals surface area (Å²) >= 11 is 0. The maximum absolute atomic E-state index is 11.9. The second kappa shape index (κ2) is 5.33. The minimum atomic E-state index is -2.21. The highest BCUT2D eigenvalue weighted by Gasteiger charge is 2.55. The molecule has 0 spiro atoms. The summed E-state index contributed by atoms with van der Waals surface area (Å²) in [6.45, 7) is 1.27. The van der Waals surface area contributed by atoms with E-state index in [1.165, 1.54) is 14.0 Å². The Morgan fingerprint density at radius 2 is 1.74 bits per heavy atom. The van der Waals surface area contributed by atoms with Crippen molar-refractivity contribution in [3.8, 4) is 0 Å². The number of oxime groups is 1. The van der Waals surface area contributed by atoms with Crippen LogP contribution in [0, 0.1) is 0 Å². The van der Waals surface area contributed by atoms with Crippen molar-refractivity contribution in [2.75, 3.05) is 14.2 Å². The summed E-state index contributed by atoms with van der Waals surface area (Å²) in [7, 11) is 2.24. The van der Waals surface area contributed by atoms with E-state index in [1.807, 2.05) is 16.0 Å². The van der Waals surface area contributed by atoms with Gasteiger partial charge in [0.05, 0.1) is 12.8 Å². The third kappa shape index (κ3) is 2.46. The van der Waals surface area contributed by atoms with Crippen molar-refractivity contribution < 1.29 is 28.8 Å². The van der Waals surface area contributed by atoms with Crippen LogP contribution in [0.5, 0.6) is 0 Å². The monoisotopic (exact) mass is 272 g/mol. The molecule has 19 heavy (non-hydrogen) atoms. The Kier molecular flexibility index (Phi) is 4.04. The Morgan fingerprint density at radius 1 is 1.21 bits per heavy atom. The summed E-state index contributed by atoms with van der Waals surface area (Å²) in [5.41, 5.74) is -2.39. The van der Waals surface area contributed by atoms with Crippen molar-refractivity contribution >= 4 is 29.7 Å². The normalized spacial score (nSPS) is 18.3. The molecular formula is C9H12N4O6. The summed E-state index contributed by atoms with van der Waals surface area (Å²) in [6.07, 6.45) is -1.05. The molecule has 1 aliphatic heterocycles. The molecule has 1 saturated heterocycles. The zero-order chi connectivity index (χ0) is 14.6. The summed E-state index contributed by atoms with van der Waals surface area (Å²) < 4.78 is 4.34. The number of rotatable bonds is 3. The number of carbonyl (C=O) groups is 4. The average molecular weight is 272 g/mol. The molecule has 0 aliphatic carbocycles. The number of hydrogen-bond donors (Lipinski definition) is 3. The van der Waals surface area contributed by atoms with E-state index in [4.69, 9.17) is 0 Å². The lowest BCUT2D eigenvalue weighted by Gasteiger charge is -2.33. The smallest absolute Gasteiger partial charge is 0.408 e. The number of barbiturate groups is 1. The highest BCUT2D eigenvalue weighted by Crippen LogP contribution is 2.13. The fraction of sp³-hybridized carbons (Fsp3) is 0.444. The van der Waals surface area contributed by atoms with Crippen LogP contribution in [-0.4, -0.2) is 49.4 Å². The molecular weight excluding hydrogens is 260 g/mol. The fourth-order valence-electron chi connectivity index (χ4n) is 1.47. The molecule has 0 aromatic heterocycles. The van der Waals surface area contributed by atoms with Crippen LogP contribution in [-0.2, 0) is 19.2 Å². The molecule has 1 heterocycles. The van der Waals surface area contributed by atoms with Crippen LogP contribution in [0.25, 0.3) is 0 Å². The van der Waals surface area contributed by atoms with E-state index >= 15 is 0 Å². The van der Waals surface area contributed by atoms with Gasteiger partial charge < -0.3 is 9.57 Å².